The number of aromatic nitrogens is 2. The standard InChI is InChI=1S/C10H20N4O2/c1-4-7-8(11)9(14(3)13-7)12-5-10(2,16)6-15/h12,15-16H,4-6,11H2,1-3H3. The quantitative estimate of drug-likeness (QED) is 0.556. The highest BCUT2D eigenvalue weighted by molar-refractivity contribution is 5.65. The molecule has 0 bridgehead atoms. The van der Waals surface area contributed by atoms with Crippen molar-refractivity contribution in [1.29, 1.82) is 0 Å². The Morgan fingerprint density at radius 3 is 2.62 bits per heavy atom. The SMILES string of the molecule is CCc1nn(C)c(NCC(C)(O)CO)c1N. The van der Waals surface area contributed by atoms with E-state index in [0.29, 0.717) is 11.5 Å². The van der Waals surface area contributed by atoms with Crippen LogP contribution in [0.3, 0.4) is 0 Å². The third kappa shape index (κ3) is 2.65. The predicted molar refractivity (Wildman–Crippen MR) is 63.2 cm³/mol. The van der Waals surface area contributed by atoms with Crippen LogP contribution >= 0.6 is 0 Å². The van der Waals surface area contributed by atoms with Gasteiger partial charge in [-0.25, -0.2) is 0 Å². The Labute approximate surface area is 95.1 Å². The normalized spacial score (nSPS) is 14.8. The summed E-state index contributed by atoms with van der Waals surface area (Å²) in [6.45, 7) is 3.44. The third-order valence-electron chi connectivity index (χ3n) is 2.47. The summed E-state index contributed by atoms with van der Waals surface area (Å²) in [6, 6.07) is 0. The molecule has 1 aromatic rings. The molecule has 0 aliphatic rings. The molecule has 0 radical (unpaired) electrons. The zero-order chi connectivity index (χ0) is 12.3. The van der Waals surface area contributed by atoms with Crippen molar-refractivity contribution in [3.8, 4) is 0 Å². The van der Waals surface area contributed by atoms with E-state index in [-0.39, 0.29) is 13.2 Å². The number of aliphatic hydroxyl groups excluding tert-OH is 1. The predicted octanol–water partition coefficient (Wildman–Crippen LogP) is -0.280. The average Bonchev–Trinajstić information content (AvgIpc) is 2.51. The first kappa shape index (κ1) is 12.8. The fourth-order valence-corrected chi connectivity index (χ4v) is 1.40. The lowest BCUT2D eigenvalue weighted by Crippen LogP contribution is -2.37. The molecule has 0 aliphatic carbocycles. The minimum atomic E-state index is -1.16. The van der Waals surface area contributed by atoms with Crippen molar-refractivity contribution < 1.29 is 10.2 Å². The summed E-state index contributed by atoms with van der Waals surface area (Å²) in [5.74, 6) is 0.672. The Kier molecular flexibility index (Phi) is 3.77. The second kappa shape index (κ2) is 4.71. The molecule has 0 saturated carbocycles. The molecule has 0 saturated heterocycles. The summed E-state index contributed by atoms with van der Waals surface area (Å²) < 4.78 is 1.64. The third-order valence-corrected chi connectivity index (χ3v) is 2.47. The van der Waals surface area contributed by atoms with E-state index in [1.54, 1.807) is 18.7 Å². The average molecular weight is 228 g/mol. The number of nitrogens with two attached hydrogens (primary N) is 1. The molecule has 1 unspecified atom stereocenters. The number of nitrogen functional groups attached to an aromatic ring is 1. The highest BCUT2D eigenvalue weighted by atomic mass is 16.3. The number of rotatable bonds is 5. The summed E-state index contributed by atoms with van der Waals surface area (Å²) in [5, 5.41) is 25.8. The topological polar surface area (TPSA) is 96.3 Å². The highest BCUT2D eigenvalue weighted by Crippen LogP contribution is 2.22. The van der Waals surface area contributed by atoms with Crippen LogP contribution in [0.15, 0.2) is 0 Å². The Hall–Kier alpha value is -1.27. The van der Waals surface area contributed by atoms with Gasteiger partial charge in [0.1, 0.15) is 11.4 Å². The van der Waals surface area contributed by atoms with Crippen LogP contribution in [0.5, 0.6) is 0 Å². The first-order chi connectivity index (χ1) is 7.41. The van der Waals surface area contributed by atoms with Gasteiger partial charge in [-0.3, -0.25) is 4.68 Å². The maximum absolute atomic E-state index is 9.65. The summed E-state index contributed by atoms with van der Waals surface area (Å²) in [5.41, 5.74) is 6.16. The molecule has 0 aliphatic heterocycles. The van der Waals surface area contributed by atoms with E-state index in [2.05, 4.69) is 10.4 Å². The number of aliphatic hydroxyl groups is 2. The lowest BCUT2D eigenvalue weighted by atomic mass is 10.1. The molecule has 16 heavy (non-hydrogen) atoms. The van der Waals surface area contributed by atoms with Gasteiger partial charge in [0.05, 0.1) is 18.0 Å². The molecule has 6 heteroatoms. The summed E-state index contributed by atoms with van der Waals surface area (Å²) in [6.07, 6.45) is 0.762. The summed E-state index contributed by atoms with van der Waals surface area (Å²) >= 11 is 0. The molecule has 0 aromatic carbocycles. The Morgan fingerprint density at radius 2 is 2.19 bits per heavy atom. The van der Waals surface area contributed by atoms with E-state index >= 15 is 0 Å². The van der Waals surface area contributed by atoms with Crippen molar-refractivity contribution >= 4 is 11.5 Å². The van der Waals surface area contributed by atoms with Crippen LogP contribution in [-0.2, 0) is 13.5 Å². The lowest BCUT2D eigenvalue weighted by Gasteiger charge is -2.21. The van der Waals surface area contributed by atoms with Gasteiger partial charge in [0.25, 0.3) is 0 Å². The fraction of sp³-hybridized carbons (Fsp3) is 0.700. The van der Waals surface area contributed by atoms with Gasteiger partial charge < -0.3 is 21.3 Å². The van der Waals surface area contributed by atoms with Crippen molar-refractivity contribution in [3.63, 3.8) is 0 Å². The van der Waals surface area contributed by atoms with E-state index in [9.17, 15) is 5.11 Å². The zero-order valence-electron chi connectivity index (χ0n) is 9.99. The summed E-state index contributed by atoms with van der Waals surface area (Å²) in [4.78, 5) is 0. The largest absolute Gasteiger partial charge is 0.394 e. The van der Waals surface area contributed by atoms with Gasteiger partial charge in [-0.05, 0) is 13.3 Å². The van der Waals surface area contributed by atoms with Gasteiger partial charge in [-0.1, -0.05) is 6.92 Å². The molecule has 1 heterocycles. The Morgan fingerprint density at radius 1 is 1.56 bits per heavy atom. The van der Waals surface area contributed by atoms with Crippen LogP contribution in [0.25, 0.3) is 0 Å². The number of hydrogen-bond acceptors (Lipinski definition) is 5. The van der Waals surface area contributed by atoms with E-state index in [0.717, 1.165) is 12.1 Å². The van der Waals surface area contributed by atoms with E-state index in [1.807, 2.05) is 6.92 Å². The molecule has 5 N–H and O–H groups in total. The zero-order valence-corrected chi connectivity index (χ0v) is 9.99. The first-order valence-corrected chi connectivity index (χ1v) is 5.29. The maximum atomic E-state index is 9.65. The van der Waals surface area contributed by atoms with Gasteiger partial charge >= 0.3 is 0 Å². The van der Waals surface area contributed by atoms with Gasteiger partial charge in [0.15, 0.2) is 0 Å². The van der Waals surface area contributed by atoms with Crippen molar-refractivity contribution in [3.05, 3.63) is 5.69 Å². The molecule has 0 amide bonds. The number of anilines is 2. The van der Waals surface area contributed by atoms with E-state index < -0.39 is 5.60 Å². The van der Waals surface area contributed by atoms with Crippen molar-refractivity contribution in [2.75, 3.05) is 24.2 Å². The molecular weight excluding hydrogens is 208 g/mol. The maximum Gasteiger partial charge on any atom is 0.147 e. The Bertz CT molecular complexity index is 360. The highest BCUT2D eigenvalue weighted by Gasteiger charge is 2.20. The second-order valence-electron chi connectivity index (χ2n) is 4.19. The van der Waals surface area contributed by atoms with E-state index in [1.165, 1.54) is 0 Å². The van der Waals surface area contributed by atoms with Crippen molar-refractivity contribution in [2.24, 2.45) is 7.05 Å². The number of hydrogen-bond donors (Lipinski definition) is 4. The first-order valence-electron chi connectivity index (χ1n) is 5.29. The van der Waals surface area contributed by atoms with Gasteiger partial charge in [-0.2, -0.15) is 5.10 Å². The van der Waals surface area contributed by atoms with Crippen LogP contribution in [0, 0.1) is 0 Å². The second-order valence-corrected chi connectivity index (χ2v) is 4.19. The number of nitrogens with one attached hydrogen (secondary N) is 1. The van der Waals surface area contributed by atoms with Crippen LogP contribution < -0.4 is 11.1 Å². The monoisotopic (exact) mass is 228 g/mol. The Balaban J connectivity index is 2.78. The fourth-order valence-electron chi connectivity index (χ4n) is 1.40. The molecule has 6 nitrogen and oxygen atoms in total. The summed E-state index contributed by atoms with van der Waals surface area (Å²) in [7, 11) is 1.78. The molecule has 0 fully saturated rings. The smallest absolute Gasteiger partial charge is 0.147 e. The molecule has 1 rings (SSSR count). The van der Waals surface area contributed by atoms with Crippen LogP contribution in [0.1, 0.15) is 19.5 Å². The number of aryl methyl sites for hydroxylation is 2. The molecular formula is C10H20N4O2. The number of nitrogens with zero attached hydrogens (tertiary/aromatic N) is 2. The molecule has 0 spiro atoms. The molecule has 1 atom stereocenters. The van der Waals surface area contributed by atoms with Crippen LogP contribution in [0.2, 0.25) is 0 Å². The minimum Gasteiger partial charge on any atom is -0.394 e. The van der Waals surface area contributed by atoms with Crippen molar-refractivity contribution in [1.82, 2.24) is 9.78 Å². The van der Waals surface area contributed by atoms with Crippen molar-refractivity contribution in [2.45, 2.75) is 25.9 Å². The molecule has 92 valence electrons. The van der Waals surface area contributed by atoms with Gasteiger partial charge in [0.2, 0.25) is 0 Å². The molecule has 1 aromatic heterocycles. The lowest BCUT2D eigenvalue weighted by molar-refractivity contribution is 0.0131. The van der Waals surface area contributed by atoms with Gasteiger partial charge in [0, 0.05) is 13.6 Å². The van der Waals surface area contributed by atoms with Crippen LogP contribution in [0.4, 0.5) is 11.5 Å². The van der Waals surface area contributed by atoms with Crippen LogP contribution in [-0.4, -0.2) is 38.7 Å². The minimum absolute atomic E-state index is 0.219. The van der Waals surface area contributed by atoms with E-state index in [4.69, 9.17) is 10.8 Å². The van der Waals surface area contributed by atoms with Gasteiger partial charge in [-0.15, -0.1) is 0 Å².